The standard InChI is InChI=1S/C27H23NS/c1-27(2)23-7-4-3-6-21(23)22-11-10-20(17-24(22)27)28-14-13-18-16-19(9-12-25(18)28)26-8-5-15-29-26/h3-12,15-17H,13-14H2,1-2H3. The summed E-state index contributed by atoms with van der Waals surface area (Å²) < 4.78 is 0. The van der Waals surface area contributed by atoms with Crippen molar-refractivity contribution in [3.8, 4) is 21.6 Å². The van der Waals surface area contributed by atoms with Crippen LogP contribution in [0.15, 0.2) is 78.2 Å². The first-order valence-electron chi connectivity index (χ1n) is 10.3. The molecular weight excluding hydrogens is 370 g/mol. The first-order valence-corrected chi connectivity index (χ1v) is 11.2. The van der Waals surface area contributed by atoms with E-state index in [1.165, 1.54) is 49.6 Å². The lowest BCUT2D eigenvalue weighted by atomic mass is 9.82. The Kier molecular flexibility index (Phi) is 3.57. The third kappa shape index (κ3) is 2.45. The van der Waals surface area contributed by atoms with Gasteiger partial charge in [-0.2, -0.15) is 0 Å². The van der Waals surface area contributed by atoms with Gasteiger partial charge in [-0.3, -0.25) is 0 Å². The average molecular weight is 394 g/mol. The zero-order chi connectivity index (χ0) is 19.6. The molecule has 0 amide bonds. The molecule has 1 aliphatic carbocycles. The molecule has 29 heavy (non-hydrogen) atoms. The number of thiophene rings is 1. The molecule has 0 bridgehead atoms. The molecule has 0 fully saturated rings. The summed E-state index contributed by atoms with van der Waals surface area (Å²) in [7, 11) is 0. The van der Waals surface area contributed by atoms with Crippen molar-refractivity contribution in [2.24, 2.45) is 0 Å². The monoisotopic (exact) mass is 393 g/mol. The lowest BCUT2D eigenvalue weighted by Crippen LogP contribution is -2.17. The average Bonchev–Trinajstić information content (AvgIpc) is 3.46. The molecule has 6 rings (SSSR count). The Labute approximate surface area is 176 Å². The largest absolute Gasteiger partial charge is 0.341 e. The van der Waals surface area contributed by atoms with E-state index in [2.05, 4.69) is 96.9 Å². The fourth-order valence-electron chi connectivity index (χ4n) is 5.13. The summed E-state index contributed by atoms with van der Waals surface area (Å²) in [6, 6.07) is 27.2. The van der Waals surface area contributed by atoms with Gasteiger partial charge in [-0.15, -0.1) is 11.3 Å². The van der Waals surface area contributed by atoms with E-state index in [9.17, 15) is 0 Å². The quantitative estimate of drug-likeness (QED) is 0.342. The van der Waals surface area contributed by atoms with Crippen molar-refractivity contribution in [1.82, 2.24) is 0 Å². The fourth-order valence-corrected chi connectivity index (χ4v) is 5.85. The molecule has 2 aliphatic rings. The summed E-state index contributed by atoms with van der Waals surface area (Å²) >= 11 is 1.81. The van der Waals surface area contributed by atoms with Gasteiger partial charge in [0.15, 0.2) is 0 Å². The topological polar surface area (TPSA) is 3.24 Å². The van der Waals surface area contributed by atoms with Crippen molar-refractivity contribution in [2.75, 3.05) is 11.4 Å². The van der Waals surface area contributed by atoms with Gasteiger partial charge in [0.05, 0.1) is 0 Å². The van der Waals surface area contributed by atoms with Gasteiger partial charge in [-0.25, -0.2) is 0 Å². The second kappa shape index (κ2) is 6.08. The van der Waals surface area contributed by atoms with Crippen LogP contribution < -0.4 is 4.90 Å². The molecule has 0 unspecified atom stereocenters. The lowest BCUT2D eigenvalue weighted by Gasteiger charge is -2.25. The SMILES string of the molecule is CC1(C)c2ccccc2-c2ccc(N3CCc4cc(-c5cccs5)ccc43)cc21. The first kappa shape index (κ1) is 17.1. The van der Waals surface area contributed by atoms with Crippen molar-refractivity contribution in [2.45, 2.75) is 25.7 Å². The minimum absolute atomic E-state index is 0.0491. The second-order valence-corrected chi connectivity index (χ2v) is 9.57. The number of benzene rings is 3. The van der Waals surface area contributed by atoms with Gasteiger partial charge < -0.3 is 4.90 Å². The minimum atomic E-state index is 0.0491. The van der Waals surface area contributed by atoms with E-state index >= 15 is 0 Å². The molecule has 0 atom stereocenters. The lowest BCUT2D eigenvalue weighted by molar-refractivity contribution is 0.660. The molecule has 4 aromatic rings. The Bertz CT molecular complexity index is 1230. The normalized spacial score (nSPS) is 15.9. The predicted molar refractivity (Wildman–Crippen MR) is 124 cm³/mol. The maximum atomic E-state index is 2.49. The molecule has 0 radical (unpaired) electrons. The molecule has 3 aromatic carbocycles. The maximum Gasteiger partial charge on any atom is 0.0444 e. The Hall–Kier alpha value is -2.84. The second-order valence-electron chi connectivity index (χ2n) is 8.62. The van der Waals surface area contributed by atoms with Crippen molar-refractivity contribution in [3.63, 3.8) is 0 Å². The van der Waals surface area contributed by atoms with Crippen molar-refractivity contribution in [1.29, 1.82) is 0 Å². The van der Waals surface area contributed by atoms with Crippen LogP contribution in [0.3, 0.4) is 0 Å². The van der Waals surface area contributed by atoms with E-state index in [0.717, 1.165) is 13.0 Å². The highest BCUT2D eigenvalue weighted by molar-refractivity contribution is 7.13. The van der Waals surface area contributed by atoms with Crippen LogP contribution in [0.25, 0.3) is 21.6 Å². The highest BCUT2D eigenvalue weighted by atomic mass is 32.1. The van der Waals surface area contributed by atoms with E-state index in [-0.39, 0.29) is 5.41 Å². The van der Waals surface area contributed by atoms with E-state index in [1.807, 2.05) is 11.3 Å². The number of fused-ring (bicyclic) bond motifs is 4. The van der Waals surface area contributed by atoms with Gasteiger partial charge in [-0.05, 0) is 75.5 Å². The van der Waals surface area contributed by atoms with Crippen LogP contribution in [0.2, 0.25) is 0 Å². The predicted octanol–water partition coefficient (Wildman–Crippen LogP) is 7.42. The number of hydrogen-bond acceptors (Lipinski definition) is 2. The summed E-state index contributed by atoms with van der Waals surface area (Å²) in [4.78, 5) is 3.84. The van der Waals surface area contributed by atoms with Gasteiger partial charge >= 0.3 is 0 Å². The molecule has 0 spiro atoms. The number of hydrogen-bond donors (Lipinski definition) is 0. The van der Waals surface area contributed by atoms with Crippen LogP contribution in [0.5, 0.6) is 0 Å². The van der Waals surface area contributed by atoms with Gasteiger partial charge in [-0.1, -0.05) is 56.3 Å². The number of nitrogens with zero attached hydrogens (tertiary/aromatic N) is 1. The van der Waals surface area contributed by atoms with Crippen LogP contribution in [-0.4, -0.2) is 6.54 Å². The molecule has 0 saturated carbocycles. The Morgan fingerprint density at radius 3 is 2.55 bits per heavy atom. The fraction of sp³-hybridized carbons (Fsp3) is 0.185. The summed E-state index contributed by atoms with van der Waals surface area (Å²) in [6.45, 7) is 5.76. The van der Waals surface area contributed by atoms with E-state index in [1.54, 1.807) is 0 Å². The van der Waals surface area contributed by atoms with Crippen LogP contribution in [0.1, 0.15) is 30.5 Å². The van der Waals surface area contributed by atoms with Crippen LogP contribution in [-0.2, 0) is 11.8 Å². The molecule has 0 N–H and O–H groups in total. The van der Waals surface area contributed by atoms with E-state index in [0.29, 0.717) is 0 Å². The molecule has 142 valence electrons. The molecule has 2 heteroatoms. The first-order chi connectivity index (χ1) is 14.1. The van der Waals surface area contributed by atoms with Crippen LogP contribution >= 0.6 is 11.3 Å². The zero-order valence-electron chi connectivity index (χ0n) is 16.8. The minimum Gasteiger partial charge on any atom is -0.341 e. The van der Waals surface area contributed by atoms with Crippen molar-refractivity contribution in [3.05, 3.63) is 94.9 Å². The van der Waals surface area contributed by atoms with E-state index < -0.39 is 0 Å². The zero-order valence-corrected chi connectivity index (χ0v) is 17.6. The Balaban J connectivity index is 1.41. The summed E-state index contributed by atoms with van der Waals surface area (Å²) in [6.07, 6.45) is 1.11. The Morgan fingerprint density at radius 2 is 1.69 bits per heavy atom. The van der Waals surface area contributed by atoms with Crippen LogP contribution in [0.4, 0.5) is 11.4 Å². The van der Waals surface area contributed by atoms with Gasteiger partial charge in [0.2, 0.25) is 0 Å². The van der Waals surface area contributed by atoms with Crippen molar-refractivity contribution >= 4 is 22.7 Å². The molecule has 1 aromatic heterocycles. The Morgan fingerprint density at radius 1 is 0.828 bits per heavy atom. The third-order valence-corrected chi connectivity index (χ3v) is 7.58. The number of rotatable bonds is 2. The summed E-state index contributed by atoms with van der Waals surface area (Å²) in [5.41, 5.74) is 11.2. The van der Waals surface area contributed by atoms with Gasteiger partial charge in [0.1, 0.15) is 0 Å². The molecule has 2 heterocycles. The van der Waals surface area contributed by atoms with Crippen LogP contribution in [0, 0.1) is 0 Å². The summed E-state index contributed by atoms with van der Waals surface area (Å²) in [5.74, 6) is 0. The molecule has 0 saturated heterocycles. The highest BCUT2D eigenvalue weighted by Gasteiger charge is 2.35. The van der Waals surface area contributed by atoms with Gasteiger partial charge in [0, 0.05) is 28.2 Å². The smallest absolute Gasteiger partial charge is 0.0444 e. The molecule has 1 nitrogen and oxygen atoms in total. The van der Waals surface area contributed by atoms with Crippen molar-refractivity contribution < 1.29 is 0 Å². The van der Waals surface area contributed by atoms with Gasteiger partial charge in [0.25, 0.3) is 0 Å². The van der Waals surface area contributed by atoms with E-state index in [4.69, 9.17) is 0 Å². The molecular formula is C27H23NS. The number of anilines is 2. The third-order valence-electron chi connectivity index (χ3n) is 6.66. The highest BCUT2D eigenvalue weighted by Crippen LogP contribution is 2.50. The maximum absolute atomic E-state index is 2.49. The molecule has 1 aliphatic heterocycles. The summed E-state index contributed by atoms with van der Waals surface area (Å²) in [5, 5.41) is 2.15.